The second kappa shape index (κ2) is 10.6. The van der Waals surface area contributed by atoms with Gasteiger partial charge in [0, 0.05) is 13.7 Å². The first-order valence-electron chi connectivity index (χ1n) is 10.1. The van der Waals surface area contributed by atoms with Crippen LogP contribution in [0.2, 0.25) is 0 Å². The molecule has 0 bridgehead atoms. The van der Waals surface area contributed by atoms with E-state index in [2.05, 4.69) is 6.07 Å². The first-order chi connectivity index (χ1) is 15.0. The summed E-state index contributed by atoms with van der Waals surface area (Å²) in [6, 6.07) is 17.1. The first-order valence-corrected chi connectivity index (χ1v) is 10.1. The Labute approximate surface area is 182 Å². The lowest BCUT2D eigenvalue weighted by Gasteiger charge is -2.24. The molecule has 0 spiro atoms. The van der Waals surface area contributed by atoms with E-state index in [0.29, 0.717) is 37.5 Å². The quantitative estimate of drug-likeness (QED) is 0.577. The Morgan fingerprint density at radius 3 is 2.32 bits per heavy atom. The van der Waals surface area contributed by atoms with E-state index in [9.17, 15) is 9.59 Å². The van der Waals surface area contributed by atoms with Gasteiger partial charge in [0.15, 0.2) is 0 Å². The number of nitrogens with zero attached hydrogens (tertiary/aromatic N) is 2. The van der Waals surface area contributed by atoms with Crippen LogP contribution in [-0.2, 0) is 19.1 Å². The van der Waals surface area contributed by atoms with Crippen molar-refractivity contribution in [3.63, 3.8) is 0 Å². The zero-order chi connectivity index (χ0) is 22.2. The number of methoxy groups -OCH3 is 2. The Kier molecular flexibility index (Phi) is 7.63. The van der Waals surface area contributed by atoms with E-state index in [0.717, 1.165) is 11.1 Å². The van der Waals surface area contributed by atoms with Crippen molar-refractivity contribution >= 4 is 11.9 Å². The summed E-state index contributed by atoms with van der Waals surface area (Å²) in [6.45, 7) is 1.22. The van der Waals surface area contributed by atoms with Crippen LogP contribution in [0.25, 0.3) is 11.1 Å². The monoisotopic (exact) mass is 422 g/mol. The van der Waals surface area contributed by atoms with E-state index in [1.807, 2.05) is 36.4 Å². The fourth-order valence-corrected chi connectivity index (χ4v) is 3.74. The number of benzene rings is 2. The third kappa shape index (κ3) is 5.62. The third-order valence-electron chi connectivity index (χ3n) is 5.45. The van der Waals surface area contributed by atoms with Gasteiger partial charge in [-0.25, -0.2) is 0 Å². The highest BCUT2D eigenvalue weighted by atomic mass is 16.5. The van der Waals surface area contributed by atoms with Crippen molar-refractivity contribution in [3.05, 3.63) is 54.1 Å². The largest absolute Gasteiger partial charge is 0.491 e. The molecule has 162 valence electrons. The molecule has 1 heterocycles. The topological polar surface area (TPSA) is 88.9 Å². The van der Waals surface area contributed by atoms with E-state index >= 15 is 0 Å². The average molecular weight is 422 g/mol. The molecule has 2 aromatic carbocycles. The number of amides is 1. The lowest BCUT2D eigenvalue weighted by Crippen LogP contribution is -2.39. The van der Waals surface area contributed by atoms with Crippen LogP contribution in [0.4, 0.5) is 0 Å². The predicted molar refractivity (Wildman–Crippen MR) is 114 cm³/mol. The molecule has 7 heteroatoms. The smallest absolute Gasteiger partial charge is 0.306 e. The van der Waals surface area contributed by atoms with Crippen LogP contribution < -0.4 is 4.74 Å². The van der Waals surface area contributed by atoms with Crippen molar-refractivity contribution in [3.8, 4) is 22.9 Å². The number of likely N-dealkylation sites (tertiary alicyclic amines) is 1. The molecule has 7 nitrogen and oxygen atoms in total. The van der Waals surface area contributed by atoms with Crippen molar-refractivity contribution in [2.24, 2.45) is 5.92 Å². The predicted octanol–water partition coefficient (Wildman–Crippen LogP) is 3.03. The van der Waals surface area contributed by atoms with E-state index < -0.39 is 5.92 Å². The number of nitriles is 1. The molecule has 1 amide bonds. The molecule has 1 aliphatic heterocycles. The number of hydrogen-bond donors (Lipinski definition) is 0. The Morgan fingerprint density at radius 1 is 1.10 bits per heavy atom. The van der Waals surface area contributed by atoms with Gasteiger partial charge < -0.3 is 19.1 Å². The summed E-state index contributed by atoms with van der Waals surface area (Å²) in [4.78, 5) is 26.1. The van der Waals surface area contributed by atoms with E-state index in [1.165, 1.54) is 7.11 Å². The molecule has 0 aliphatic carbocycles. The Morgan fingerprint density at radius 2 is 1.74 bits per heavy atom. The molecule has 1 fully saturated rings. The van der Waals surface area contributed by atoms with Gasteiger partial charge in [0.1, 0.15) is 12.4 Å². The van der Waals surface area contributed by atoms with Crippen LogP contribution in [0.15, 0.2) is 48.5 Å². The maximum absolute atomic E-state index is 12.7. The maximum Gasteiger partial charge on any atom is 0.306 e. The molecule has 1 aliphatic rings. The number of ether oxygens (including phenoxy) is 3. The zero-order valence-corrected chi connectivity index (χ0v) is 17.7. The highest BCUT2D eigenvalue weighted by molar-refractivity contribution is 5.85. The summed E-state index contributed by atoms with van der Waals surface area (Å²) >= 11 is 0. The van der Waals surface area contributed by atoms with Gasteiger partial charge in [-0.1, -0.05) is 24.3 Å². The molecule has 3 rings (SSSR count). The number of carbonyl (C=O) groups is 2. The van der Waals surface area contributed by atoms with Crippen molar-refractivity contribution in [1.82, 2.24) is 4.90 Å². The van der Waals surface area contributed by atoms with E-state index in [1.54, 1.807) is 24.1 Å². The normalized spacial score (nSPS) is 18.0. The number of rotatable bonds is 9. The van der Waals surface area contributed by atoms with Crippen molar-refractivity contribution in [2.45, 2.75) is 18.9 Å². The van der Waals surface area contributed by atoms with E-state index in [4.69, 9.17) is 19.5 Å². The minimum absolute atomic E-state index is 0.0628. The molecule has 0 aromatic heterocycles. The van der Waals surface area contributed by atoms with Crippen LogP contribution in [0.5, 0.6) is 5.75 Å². The molecule has 2 aromatic rings. The Bertz CT molecular complexity index is 934. The average Bonchev–Trinajstić information content (AvgIpc) is 3.10. The molecule has 2 atom stereocenters. The highest BCUT2D eigenvalue weighted by Gasteiger charge is 2.40. The molecule has 1 saturated heterocycles. The van der Waals surface area contributed by atoms with Gasteiger partial charge in [-0.2, -0.15) is 5.26 Å². The maximum atomic E-state index is 12.7. The fourth-order valence-electron chi connectivity index (χ4n) is 3.74. The Balaban J connectivity index is 1.63. The summed E-state index contributed by atoms with van der Waals surface area (Å²) in [5.74, 6) is -0.137. The summed E-state index contributed by atoms with van der Waals surface area (Å²) < 4.78 is 15.8. The second-order valence-corrected chi connectivity index (χ2v) is 7.42. The number of esters is 1. The summed E-state index contributed by atoms with van der Waals surface area (Å²) in [5.41, 5.74) is 2.66. The summed E-state index contributed by atoms with van der Waals surface area (Å²) in [5, 5.41) is 8.92. The SMILES string of the molecule is COCCN1C(=O)[C@H](CC(=O)OC)C[C@H]1COc1ccc(-c2ccc(C#N)cc2)cc1. The van der Waals surface area contributed by atoms with Crippen LogP contribution in [0.3, 0.4) is 0 Å². The lowest BCUT2D eigenvalue weighted by atomic mass is 10.0. The molecule has 31 heavy (non-hydrogen) atoms. The third-order valence-corrected chi connectivity index (χ3v) is 5.45. The molecule has 0 saturated carbocycles. The van der Waals surface area contributed by atoms with Crippen LogP contribution in [0, 0.1) is 17.2 Å². The van der Waals surface area contributed by atoms with Crippen LogP contribution in [-0.4, -0.2) is 56.8 Å². The van der Waals surface area contributed by atoms with Gasteiger partial charge in [-0.15, -0.1) is 0 Å². The highest BCUT2D eigenvalue weighted by Crippen LogP contribution is 2.29. The van der Waals surface area contributed by atoms with Gasteiger partial charge in [0.25, 0.3) is 0 Å². The van der Waals surface area contributed by atoms with Gasteiger partial charge in [0.2, 0.25) is 5.91 Å². The number of carbonyl (C=O) groups excluding carboxylic acids is 2. The molecular weight excluding hydrogens is 396 g/mol. The first kappa shape index (κ1) is 22.3. The molecule has 0 unspecified atom stereocenters. The van der Waals surface area contributed by atoms with Crippen molar-refractivity contribution in [2.75, 3.05) is 34.0 Å². The summed E-state index contributed by atoms with van der Waals surface area (Å²) in [6.07, 6.45) is 0.621. The molecule has 0 N–H and O–H groups in total. The Hall–Kier alpha value is -3.37. The molecule has 0 radical (unpaired) electrons. The van der Waals surface area contributed by atoms with Crippen LogP contribution >= 0.6 is 0 Å². The lowest BCUT2D eigenvalue weighted by molar-refractivity contribution is -0.145. The van der Waals surface area contributed by atoms with Gasteiger partial charge in [-0.3, -0.25) is 9.59 Å². The standard InChI is InChI=1S/C24H26N2O5/c1-29-12-11-26-21(13-20(24(26)28)14-23(27)30-2)16-31-22-9-7-19(8-10-22)18-5-3-17(15-25)4-6-18/h3-10,20-21H,11-14,16H2,1-2H3/t20-,21-/m0/s1. The van der Waals surface area contributed by atoms with E-state index in [-0.39, 0.29) is 24.3 Å². The van der Waals surface area contributed by atoms with Gasteiger partial charge >= 0.3 is 5.97 Å². The summed E-state index contributed by atoms with van der Waals surface area (Å²) in [7, 11) is 2.92. The van der Waals surface area contributed by atoms with Crippen molar-refractivity contribution in [1.29, 1.82) is 5.26 Å². The fraction of sp³-hybridized carbons (Fsp3) is 0.375. The molecular formula is C24H26N2O5. The zero-order valence-electron chi connectivity index (χ0n) is 17.7. The second-order valence-electron chi connectivity index (χ2n) is 7.42. The van der Waals surface area contributed by atoms with Crippen LogP contribution in [0.1, 0.15) is 18.4 Å². The van der Waals surface area contributed by atoms with Crippen molar-refractivity contribution < 1.29 is 23.8 Å². The van der Waals surface area contributed by atoms with Gasteiger partial charge in [0.05, 0.1) is 43.7 Å². The number of hydrogen-bond acceptors (Lipinski definition) is 6. The minimum Gasteiger partial charge on any atom is -0.491 e. The minimum atomic E-state index is -0.392. The van der Waals surface area contributed by atoms with Gasteiger partial charge in [-0.05, 0) is 41.8 Å².